The number of hydrogen-bond acceptors (Lipinski definition) is 4. The molecule has 1 fully saturated rings. The molecule has 0 aliphatic carbocycles. The Morgan fingerprint density at radius 1 is 1.00 bits per heavy atom. The maximum absolute atomic E-state index is 6.00. The fourth-order valence-corrected chi connectivity index (χ4v) is 4.06. The number of aromatic nitrogens is 2. The summed E-state index contributed by atoms with van der Waals surface area (Å²) >= 11 is 0. The normalized spacial score (nSPS) is 15.8. The van der Waals surface area contributed by atoms with Crippen molar-refractivity contribution < 1.29 is 9.47 Å². The van der Waals surface area contributed by atoms with Gasteiger partial charge < -0.3 is 18.9 Å². The zero-order valence-corrected chi connectivity index (χ0v) is 17.3. The van der Waals surface area contributed by atoms with Gasteiger partial charge in [0.15, 0.2) is 0 Å². The number of fused-ring (bicyclic) bond motifs is 1. The molecule has 0 atom stereocenters. The molecule has 3 aromatic rings. The standard InChI is InChI=1S/C24H31N3O2/c1-28-22-8-6-20(7-9-22)10-13-26-14-11-21(12-15-26)18-29-17-16-27-19-25-23-4-2-3-5-24(23)27/h2-9,19,21H,10-18H2,1H3. The van der Waals surface area contributed by atoms with E-state index in [0.717, 1.165) is 44.0 Å². The van der Waals surface area contributed by atoms with Crippen molar-refractivity contribution in [2.24, 2.45) is 5.92 Å². The summed E-state index contributed by atoms with van der Waals surface area (Å²) in [6.07, 6.45) is 5.48. The number of benzene rings is 2. The lowest BCUT2D eigenvalue weighted by Gasteiger charge is -2.31. The molecule has 5 heteroatoms. The number of ether oxygens (including phenoxy) is 2. The molecule has 2 aromatic carbocycles. The van der Waals surface area contributed by atoms with Gasteiger partial charge in [0.1, 0.15) is 5.75 Å². The molecule has 0 radical (unpaired) electrons. The first-order valence-electron chi connectivity index (χ1n) is 10.6. The number of hydrogen-bond donors (Lipinski definition) is 0. The first kappa shape index (κ1) is 19.9. The van der Waals surface area contributed by atoms with Crippen molar-refractivity contribution in [3.05, 3.63) is 60.4 Å². The molecule has 0 saturated carbocycles. The number of likely N-dealkylation sites (tertiary alicyclic amines) is 1. The first-order chi connectivity index (χ1) is 14.3. The van der Waals surface area contributed by atoms with E-state index in [4.69, 9.17) is 9.47 Å². The van der Waals surface area contributed by atoms with Crippen molar-refractivity contribution in [1.29, 1.82) is 0 Å². The minimum absolute atomic E-state index is 0.687. The average Bonchev–Trinajstić information content (AvgIpc) is 3.19. The minimum Gasteiger partial charge on any atom is -0.497 e. The lowest BCUT2D eigenvalue weighted by Crippen LogP contribution is -2.36. The predicted octanol–water partition coefficient (Wildman–Crippen LogP) is 4.02. The summed E-state index contributed by atoms with van der Waals surface area (Å²) in [6, 6.07) is 16.7. The molecular weight excluding hydrogens is 362 g/mol. The van der Waals surface area contributed by atoms with Crippen LogP contribution in [0.15, 0.2) is 54.9 Å². The number of methoxy groups -OCH3 is 1. The quantitative estimate of drug-likeness (QED) is 0.515. The van der Waals surface area contributed by atoms with E-state index in [1.165, 1.54) is 37.0 Å². The second-order valence-corrected chi connectivity index (χ2v) is 7.88. The number of imidazole rings is 1. The molecule has 0 spiro atoms. The molecule has 1 aromatic heterocycles. The van der Waals surface area contributed by atoms with Crippen molar-refractivity contribution >= 4 is 11.0 Å². The van der Waals surface area contributed by atoms with Gasteiger partial charge in [-0.3, -0.25) is 0 Å². The molecule has 1 saturated heterocycles. The molecule has 1 aliphatic rings. The fourth-order valence-electron chi connectivity index (χ4n) is 4.06. The van der Waals surface area contributed by atoms with Crippen molar-refractivity contribution in [1.82, 2.24) is 14.5 Å². The lowest BCUT2D eigenvalue weighted by atomic mass is 9.97. The van der Waals surface area contributed by atoms with Crippen LogP contribution in [0.3, 0.4) is 0 Å². The van der Waals surface area contributed by atoms with E-state index in [2.05, 4.69) is 44.8 Å². The second kappa shape index (κ2) is 9.90. The average molecular weight is 394 g/mol. The molecule has 29 heavy (non-hydrogen) atoms. The van der Waals surface area contributed by atoms with Crippen LogP contribution < -0.4 is 4.74 Å². The van der Waals surface area contributed by atoms with E-state index in [0.29, 0.717) is 5.92 Å². The van der Waals surface area contributed by atoms with Crippen LogP contribution in [0, 0.1) is 5.92 Å². The summed E-state index contributed by atoms with van der Waals surface area (Å²) in [5, 5.41) is 0. The van der Waals surface area contributed by atoms with Crippen LogP contribution in [0.25, 0.3) is 11.0 Å². The van der Waals surface area contributed by atoms with Gasteiger partial charge in [-0.15, -0.1) is 0 Å². The number of nitrogens with zero attached hydrogens (tertiary/aromatic N) is 3. The number of piperidine rings is 1. The molecule has 0 amide bonds. The highest BCUT2D eigenvalue weighted by Crippen LogP contribution is 2.19. The first-order valence-corrected chi connectivity index (χ1v) is 10.6. The summed E-state index contributed by atoms with van der Waals surface area (Å²) < 4.78 is 13.4. The van der Waals surface area contributed by atoms with Crippen LogP contribution in [0.2, 0.25) is 0 Å². The van der Waals surface area contributed by atoms with Gasteiger partial charge in [0.05, 0.1) is 31.1 Å². The van der Waals surface area contributed by atoms with E-state index in [1.807, 2.05) is 24.5 Å². The lowest BCUT2D eigenvalue weighted by molar-refractivity contribution is 0.0635. The third-order valence-corrected chi connectivity index (χ3v) is 5.94. The van der Waals surface area contributed by atoms with Crippen LogP contribution in [-0.4, -0.2) is 54.4 Å². The third-order valence-electron chi connectivity index (χ3n) is 5.94. The van der Waals surface area contributed by atoms with Crippen LogP contribution in [0.1, 0.15) is 18.4 Å². The third kappa shape index (κ3) is 5.37. The molecular formula is C24H31N3O2. The predicted molar refractivity (Wildman–Crippen MR) is 116 cm³/mol. The van der Waals surface area contributed by atoms with Gasteiger partial charge in [-0.2, -0.15) is 0 Å². The highest BCUT2D eigenvalue weighted by molar-refractivity contribution is 5.74. The SMILES string of the molecule is COc1ccc(CCN2CCC(COCCn3cnc4ccccc43)CC2)cc1. The van der Waals surface area contributed by atoms with Gasteiger partial charge >= 0.3 is 0 Å². The van der Waals surface area contributed by atoms with Crippen LogP contribution in [-0.2, 0) is 17.7 Å². The van der Waals surface area contributed by atoms with Crippen LogP contribution in [0.5, 0.6) is 5.75 Å². The van der Waals surface area contributed by atoms with E-state index in [-0.39, 0.29) is 0 Å². The van der Waals surface area contributed by atoms with Crippen molar-refractivity contribution in [2.75, 3.05) is 40.0 Å². The smallest absolute Gasteiger partial charge is 0.118 e. The van der Waals surface area contributed by atoms with E-state index in [9.17, 15) is 0 Å². The summed E-state index contributed by atoms with van der Waals surface area (Å²) in [7, 11) is 1.71. The summed E-state index contributed by atoms with van der Waals surface area (Å²) in [5.41, 5.74) is 3.61. The van der Waals surface area contributed by atoms with Crippen LogP contribution in [0.4, 0.5) is 0 Å². The van der Waals surface area contributed by atoms with Crippen LogP contribution >= 0.6 is 0 Å². The number of para-hydroxylation sites is 2. The molecule has 0 N–H and O–H groups in total. The highest BCUT2D eigenvalue weighted by atomic mass is 16.5. The molecule has 0 bridgehead atoms. The molecule has 5 nitrogen and oxygen atoms in total. The Morgan fingerprint density at radius 3 is 2.59 bits per heavy atom. The van der Waals surface area contributed by atoms with Gasteiger partial charge in [0.2, 0.25) is 0 Å². The topological polar surface area (TPSA) is 39.5 Å². The molecule has 1 aliphatic heterocycles. The molecule has 4 rings (SSSR count). The van der Waals surface area contributed by atoms with E-state index in [1.54, 1.807) is 7.11 Å². The Labute approximate surface area is 173 Å². The highest BCUT2D eigenvalue weighted by Gasteiger charge is 2.19. The Morgan fingerprint density at radius 2 is 1.79 bits per heavy atom. The maximum atomic E-state index is 6.00. The minimum atomic E-state index is 0.687. The monoisotopic (exact) mass is 393 g/mol. The van der Waals surface area contributed by atoms with Gasteiger partial charge in [-0.05, 0) is 68.1 Å². The van der Waals surface area contributed by atoms with E-state index >= 15 is 0 Å². The number of rotatable bonds is 9. The summed E-state index contributed by atoms with van der Waals surface area (Å²) in [6.45, 7) is 5.97. The van der Waals surface area contributed by atoms with Gasteiger partial charge in [0, 0.05) is 19.7 Å². The maximum Gasteiger partial charge on any atom is 0.118 e. The summed E-state index contributed by atoms with van der Waals surface area (Å²) in [5.74, 6) is 1.61. The Balaban J connectivity index is 1.12. The molecule has 154 valence electrons. The van der Waals surface area contributed by atoms with Crippen molar-refractivity contribution in [2.45, 2.75) is 25.8 Å². The Kier molecular flexibility index (Phi) is 6.80. The van der Waals surface area contributed by atoms with E-state index < -0.39 is 0 Å². The Hall–Kier alpha value is -2.37. The van der Waals surface area contributed by atoms with Gasteiger partial charge in [0.25, 0.3) is 0 Å². The van der Waals surface area contributed by atoms with Crippen molar-refractivity contribution in [3.63, 3.8) is 0 Å². The van der Waals surface area contributed by atoms with Crippen molar-refractivity contribution in [3.8, 4) is 5.75 Å². The molecule has 2 heterocycles. The molecule has 0 unspecified atom stereocenters. The van der Waals surface area contributed by atoms with Gasteiger partial charge in [-0.1, -0.05) is 24.3 Å². The summed E-state index contributed by atoms with van der Waals surface area (Å²) in [4.78, 5) is 7.02. The second-order valence-electron chi connectivity index (χ2n) is 7.88. The fraction of sp³-hybridized carbons (Fsp3) is 0.458. The Bertz CT molecular complexity index is 883. The van der Waals surface area contributed by atoms with Gasteiger partial charge in [-0.25, -0.2) is 4.98 Å². The zero-order valence-electron chi connectivity index (χ0n) is 17.3. The largest absolute Gasteiger partial charge is 0.497 e. The zero-order chi connectivity index (χ0) is 19.9.